The van der Waals surface area contributed by atoms with Crippen LogP contribution in [0.4, 0.5) is 13.2 Å². The van der Waals surface area contributed by atoms with Crippen LogP contribution in [-0.2, 0) is 22.8 Å². The summed E-state index contributed by atoms with van der Waals surface area (Å²) in [5, 5.41) is 2.32. The Labute approximate surface area is 243 Å². The molecule has 1 spiro atoms. The number of nitrogens with zero attached hydrogens (tertiary/aromatic N) is 2. The van der Waals surface area contributed by atoms with Crippen molar-refractivity contribution in [1.82, 2.24) is 20.3 Å². The van der Waals surface area contributed by atoms with E-state index in [4.69, 9.17) is 9.57 Å². The molecule has 0 radical (unpaired) electrons. The molecule has 3 aliphatic rings. The molecule has 43 heavy (non-hydrogen) atoms. The first-order chi connectivity index (χ1) is 20.6. The van der Waals surface area contributed by atoms with E-state index in [1.807, 2.05) is 6.92 Å². The summed E-state index contributed by atoms with van der Waals surface area (Å²) < 4.78 is 49.3. The second-order valence-corrected chi connectivity index (χ2v) is 11.0. The monoisotopic (exact) mass is 596 g/mol. The Morgan fingerprint density at radius 3 is 2.53 bits per heavy atom. The van der Waals surface area contributed by atoms with Crippen LogP contribution in [0.3, 0.4) is 0 Å². The third kappa shape index (κ3) is 5.03. The molecule has 2 aromatic carbocycles. The Hall–Kier alpha value is -4.65. The van der Waals surface area contributed by atoms with Gasteiger partial charge in [-0.15, -0.1) is 0 Å². The minimum Gasteiger partial charge on any atom is -0.483 e. The molecule has 3 aliphatic heterocycles. The SMILES string of the molecule is C[C@H]1CC[C@@]2(CC(=O)NO2)[C@H]2CN1C(=O)c1c(OCc3ccccc3)c(=O)c(C(=O)NCc3c(F)cc(F)cc3F)cn12. The van der Waals surface area contributed by atoms with Crippen LogP contribution >= 0.6 is 0 Å². The largest absolute Gasteiger partial charge is 0.483 e. The second kappa shape index (κ2) is 10.9. The van der Waals surface area contributed by atoms with Crippen molar-refractivity contribution in [2.75, 3.05) is 6.54 Å². The van der Waals surface area contributed by atoms with Crippen molar-refractivity contribution in [1.29, 1.82) is 0 Å². The fourth-order valence-electron chi connectivity index (χ4n) is 5.99. The van der Waals surface area contributed by atoms with E-state index < -0.39 is 64.0 Å². The summed E-state index contributed by atoms with van der Waals surface area (Å²) in [6.45, 7) is 1.22. The quantitative estimate of drug-likeness (QED) is 0.452. The smallest absolute Gasteiger partial charge is 0.274 e. The predicted molar refractivity (Wildman–Crippen MR) is 144 cm³/mol. The van der Waals surface area contributed by atoms with Gasteiger partial charge in [-0.05, 0) is 25.3 Å². The molecule has 10 nitrogen and oxygen atoms in total. The molecule has 2 N–H and O–H groups in total. The van der Waals surface area contributed by atoms with Crippen molar-refractivity contribution >= 4 is 17.7 Å². The number of carbonyl (C=O) groups excluding carboxylic acids is 3. The fraction of sp³-hybridized carbons (Fsp3) is 0.333. The lowest BCUT2D eigenvalue weighted by atomic mass is 9.85. The molecule has 13 heteroatoms. The number of nitrogens with one attached hydrogen (secondary N) is 2. The summed E-state index contributed by atoms with van der Waals surface area (Å²) in [7, 11) is 0. The van der Waals surface area contributed by atoms with Gasteiger partial charge in [0, 0.05) is 43.0 Å². The maximum absolute atomic E-state index is 14.2. The third-order valence-corrected chi connectivity index (χ3v) is 8.32. The number of hydroxylamine groups is 1. The van der Waals surface area contributed by atoms with Gasteiger partial charge in [0.15, 0.2) is 11.4 Å². The second-order valence-electron chi connectivity index (χ2n) is 11.0. The van der Waals surface area contributed by atoms with Crippen LogP contribution in [0.1, 0.15) is 64.2 Å². The molecule has 3 aromatic rings. The van der Waals surface area contributed by atoms with Crippen molar-refractivity contribution in [2.24, 2.45) is 0 Å². The molecule has 0 saturated carbocycles. The number of halogens is 3. The lowest BCUT2D eigenvalue weighted by Gasteiger charge is -2.42. The van der Waals surface area contributed by atoms with E-state index in [1.54, 1.807) is 35.2 Å². The summed E-state index contributed by atoms with van der Waals surface area (Å²) in [5.74, 6) is -5.74. The summed E-state index contributed by atoms with van der Waals surface area (Å²) in [4.78, 5) is 60.9. The number of pyridine rings is 1. The number of amides is 3. The van der Waals surface area contributed by atoms with Crippen molar-refractivity contribution in [3.63, 3.8) is 0 Å². The number of aromatic nitrogens is 1. The number of hydrogen-bond acceptors (Lipinski definition) is 6. The topological polar surface area (TPSA) is 119 Å². The van der Waals surface area contributed by atoms with Crippen LogP contribution in [0.25, 0.3) is 0 Å². The summed E-state index contributed by atoms with van der Waals surface area (Å²) in [5.41, 5.74) is -0.0487. The van der Waals surface area contributed by atoms with Gasteiger partial charge in [-0.25, -0.2) is 18.7 Å². The number of ether oxygens (including phenoxy) is 1. The van der Waals surface area contributed by atoms with E-state index in [0.717, 1.165) is 0 Å². The van der Waals surface area contributed by atoms with E-state index in [1.165, 1.54) is 10.8 Å². The molecule has 3 amide bonds. The molecule has 0 unspecified atom stereocenters. The van der Waals surface area contributed by atoms with Crippen LogP contribution in [0.15, 0.2) is 53.5 Å². The summed E-state index contributed by atoms with van der Waals surface area (Å²) >= 11 is 0. The van der Waals surface area contributed by atoms with E-state index in [-0.39, 0.29) is 43.0 Å². The standard InChI is InChI=1S/C30H27F3N4O6/c1-16-7-8-30(11-24(38)35-43-30)23-14-36(16)29(41)25-27(42-15-17-5-3-2-4-6-17)26(39)20(13-37(23)25)28(40)34-12-19-21(32)9-18(31)10-22(19)33/h2-6,9-10,13,16,23H,7-8,11-12,14-15H2,1H3,(H,34,40)(H,35,38)/t16-,23+,30+/m0/s1. The van der Waals surface area contributed by atoms with Crippen LogP contribution in [0.5, 0.6) is 5.75 Å². The van der Waals surface area contributed by atoms with E-state index in [9.17, 15) is 32.3 Å². The van der Waals surface area contributed by atoms with Gasteiger partial charge in [-0.1, -0.05) is 30.3 Å². The van der Waals surface area contributed by atoms with Crippen LogP contribution in [-0.4, -0.2) is 45.4 Å². The average Bonchev–Trinajstić information content (AvgIpc) is 3.30. The molecule has 6 rings (SSSR count). The molecule has 224 valence electrons. The molecule has 2 bridgehead atoms. The zero-order valence-corrected chi connectivity index (χ0v) is 23.0. The highest BCUT2D eigenvalue weighted by Crippen LogP contribution is 2.45. The fourth-order valence-corrected chi connectivity index (χ4v) is 5.99. The summed E-state index contributed by atoms with van der Waals surface area (Å²) in [6.07, 6.45) is 2.10. The Balaban J connectivity index is 1.46. The Bertz CT molecular complexity index is 1670. The number of fused-ring (bicyclic) bond motifs is 5. The zero-order chi connectivity index (χ0) is 30.5. The average molecular weight is 597 g/mol. The zero-order valence-electron chi connectivity index (χ0n) is 23.0. The molecule has 2 fully saturated rings. The maximum atomic E-state index is 14.2. The number of benzene rings is 2. The van der Waals surface area contributed by atoms with Gasteiger partial charge in [0.1, 0.15) is 35.2 Å². The lowest BCUT2D eigenvalue weighted by Crippen LogP contribution is -2.52. The molecule has 4 heterocycles. The van der Waals surface area contributed by atoms with Gasteiger partial charge < -0.3 is 19.5 Å². The maximum Gasteiger partial charge on any atom is 0.274 e. The molecule has 0 aliphatic carbocycles. The van der Waals surface area contributed by atoms with Gasteiger partial charge in [0.25, 0.3) is 11.8 Å². The number of carbonyl (C=O) groups is 3. The minimum atomic E-state index is -1.21. The van der Waals surface area contributed by atoms with Crippen molar-refractivity contribution in [2.45, 2.75) is 57.0 Å². The predicted octanol–water partition coefficient (Wildman–Crippen LogP) is 3.14. The molecular weight excluding hydrogens is 569 g/mol. The highest BCUT2D eigenvalue weighted by Gasteiger charge is 2.54. The highest BCUT2D eigenvalue weighted by atomic mass is 19.1. The number of hydrogen-bond donors (Lipinski definition) is 2. The minimum absolute atomic E-state index is 0.0111. The first-order valence-corrected chi connectivity index (χ1v) is 13.7. The third-order valence-electron chi connectivity index (χ3n) is 8.32. The number of rotatable bonds is 6. The normalized spacial score (nSPS) is 22.7. The Kier molecular flexibility index (Phi) is 7.20. The Morgan fingerprint density at radius 1 is 1.14 bits per heavy atom. The van der Waals surface area contributed by atoms with E-state index >= 15 is 0 Å². The van der Waals surface area contributed by atoms with E-state index in [0.29, 0.717) is 30.5 Å². The Morgan fingerprint density at radius 2 is 1.86 bits per heavy atom. The molecular formula is C30H27F3N4O6. The van der Waals surface area contributed by atoms with Gasteiger partial charge in [0.05, 0.1) is 12.5 Å². The van der Waals surface area contributed by atoms with Gasteiger partial charge in [0.2, 0.25) is 11.3 Å². The van der Waals surface area contributed by atoms with E-state index in [2.05, 4.69) is 10.8 Å². The van der Waals surface area contributed by atoms with Crippen LogP contribution < -0.4 is 21.0 Å². The van der Waals surface area contributed by atoms with Crippen LogP contribution in [0, 0.1) is 17.5 Å². The first-order valence-electron chi connectivity index (χ1n) is 13.7. The molecule has 1 aromatic heterocycles. The van der Waals surface area contributed by atoms with Gasteiger partial charge >= 0.3 is 0 Å². The van der Waals surface area contributed by atoms with Crippen molar-refractivity contribution < 1.29 is 37.1 Å². The van der Waals surface area contributed by atoms with Gasteiger partial charge in [-0.3, -0.25) is 24.0 Å². The molecule has 3 atom stereocenters. The van der Waals surface area contributed by atoms with Crippen molar-refractivity contribution in [3.8, 4) is 5.75 Å². The van der Waals surface area contributed by atoms with Crippen LogP contribution in [0.2, 0.25) is 0 Å². The molecule has 2 saturated heterocycles. The lowest BCUT2D eigenvalue weighted by molar-refractivity contribution is -0.128. The summed E-state index contributed by atoms with van der Waals surface area (Å²) in [6, 6.07) is 8.90. The van der Waals surface area contributed by atoms with Crippen molar-refractivity contribution in [3.05, 3.63) is 98.7 Å². The first kappa shape index (κ1) is 28.5. The van der Waals surface area contributed by atoms with Gasteiger partial charge in [-0.2, -0.15) is 0 Å². The highest BCUT2D eigenvalue weighted by molar-refractivity contribution is 5.99.